The summed E-state index contributed by atoms with van der Waals surface area (Å²) in [5.41, 5.74) is 11.5. The van der Waals surface area contributed by atoms with Crippen molar-refractivity contribution in [3.05, 3.63) is 48.2 Å². The lowest BCUT2D eigenvalue weighted by atomic mass is 10.1. The number of nitrogens with two attached hydrogens (primary N) is 2. The molecule has 0 saturated carbocycles. The highest BCUT2D eigenvalue weighted by Gasteiger charge is 2.47. The third-order valence-electron chi connectivity index (χ3n) is 6.60. The summed E-state index contributed by atoms with van der Waals surface area (Å²) in [6, 6.07) is 0. The monoisotopic (exact) mass is 663 g/mol. The van der Waals surface area contributed by atoms with Gasteiger partial charge < -0.3 is 56.1 Å². The molecule has 2 aromatic rings. The molecule has 3 aliphatic rings. The van der Waals surface area contributed by atoms with Crippen molar-refractivity contribution in [1.82, 2.24) is 24.4 Å². The Morgan fingerprint density at radius 1 is 1.09 bits per heavy atom. The van der Waals surface area contributed by atoms with Crippen LogP contribution in [0.4, 0.5) is 5.82 Å². The number of rotatable bonds is 11. The first-order valence-corrected chi connectivity index (χ1v) is 15.5. The Morgan fingerprint density at radius 2 is 1.82 bits per heavy atom. The van der Waals surface area contributed by atoms with E-state index < -0.39 is 83.2 Å². The second kappa shape index (κ2) is 12.1. The number of carbonyl (C=O) groups excluding carboxylic acids is 1. The number of hydrogen-bond donors (Lipinski definition) is 8. The second-order valence-corrected chi connectivity index (χ2v) is 12.6. The number of primary amides is 1. The van der Waals surface area contributed by atoms with Crippen molar-refractivity contribution in [2.45, 2.75) is 43.3 Å². The maximum absolute atomic E-state index is 12.4. The third kappa shape index (κ3) is 6.48. The number of hydrogen-bond acceptors (Lipinski definition) is 17. The van der Waals surface area contributed by atoms with E-state index in [1.807, 2.05) is 0 Å². The molecular formula is C21H27N7O14P2. The normalized spacial score (nSPS) is 29.8. The predicted octanol–water partition coefficient (Wildman–Crippen LogP) is -1.65. The van der Waals surface area contributed by atoms with E-state index in [2.05, 4.69) is 28.3 Å². The molecule has 5 heterocycles. The highest BCUT2D eigenvalue weighted by molar-refractivity contribution is 7.61. The van der Waals surface area contributed by atoms with Crippen LogP contribution in [-0.2, 0) is 36.8 Å². The Bertz CT molecular complexity index is 1630. The molecule has 0 aromatic carbocycles. The van der Waals surface area contributed by atoms with E-state index in [-0.39, 0.29) is 29.0 Å². The minimum absolute atomic E-state index is 0.0380. The number of phosphoric ester groups is 2. The molecule has 1 saturated heterocycles. The zero-order chi connectivity index (χ0) is 32.0. The lowest BCUT2D eigenvalue weighted by molar-refractivity contribution is -0.115. The standard InChI is InChI=1S/C21H27N7O14P2/c22-17-12-19(25-7-24-17)28(8-26-12)21-16(32)14(30)11(41-21)6-39-44(36,37)42-43(34,35)38-5-10-13(29)15(31)20(40-10)27-3-1-2-9(4-27)18(23)33/h1,3-4,7-8,10,13,15-16,20-21,29-32H,2,5-6H2,(H2,23,33)(H,34,35)(H,36,37)(H2,22,24,25)/t10-,13?,15?,16-,20?,21-/m1/s1. The van der Waals surface area contributed by atoms with Gasteiger partial charge in [-0.25, -0.2) is 24.1 Å². The van der Waals surface area contributed by atoms with Gasteiger partial charge in [-0.15, -0.1) is 0 Å². The van der Waals surface area contributed by atoms with Crippen LogP contribution >= 0.6 is 15.6 Å². The molecule has 5 rings (SSSR count). The maximum atomic E-state index is 12.4. The number of anilines is 1. The SMILES string of the molecule is NC(=O)C1=CN(C2O[C@H](COP(=O)(O)OP(=O)(O)OCC3=C(O)[C@@H](O)[C@H](n4cnc5c(N)ncnc54)O3)C(O)C2O)C=CC1. The minimum Gasteiger partial charge on any atom is -0.506 e. The number of allylic oxidation sites excluding steroid dienone is 1. The molecule has 10 N–H and O–H groups in total. The molecule has 21 nitrogen and oxygen atoms in total. The quantitative estimate of drug-likeness (QED) is 0.125. The number of ether oxygens (including phenoxy) is 2. The summed E-state index contributed by atoms with van der Waals surface area (Å²) in [5.74, 6) is -1.99. The molecule has 240 valence electrons. The van der Waals surface area contributed by atoms with Gasteiger partial charge in [0.2, 0.25) is 12.1 Å². The average molecular weight is 663 g/mol. The van der Waals surface area contributed by atoms with E-state index in [1.54, 1.807) is 6.08 Å². The third-order valence-corrected chi connectivity index (χ3v) is 9.18. The van der Waals surface area contributed by atoms with Gasteiger partial charge in [-0.2, -0.15) is 4.31 Å². The number of nitrogen functional groups attached to an aromatic ring is 1. The van der Waals surface area contributed by atoms with E-state index in [4.69, 9.17) is 20.9 Å². The lowest BCUT2D eigenvalue weighted by Crippen LogP contribution is -2.40. The highest BCUT2D eigenvalue weighted by Crippen LogP contribution is 2.61. The number of aromatic nitrogens is 4. The molecule has 1 fully saturated rings. The van der Waals surface area contributed by atoms with Gasteiger partial charge in [0.25, 0.3) is 0 Å². The van der Waals surface area contributed by atoms with Crippen LogP contribution in [0.1, 0.15) is 12.6 Å². The molecule has 0 spiro atoms. The van der Waals surface area contributed by atoms with Gasteiger partial charge in [0, 0.05) is 18.0 Å². The molecule has 44 heavy (non-hydrogen) atoms. The van der Waals surface area contributed by atoms with Crippen molar-refractivity contribution in [2.75, 3.05) is 18.9 Å². The number of amides is 1. The van der Waals surface area contributed by atoms with Gasteiger partial charge in [0.1, 0.15) is 43.1 Å². The summed E-state index contributed by atoms with van der Waals surface area (Å²) in [4.78, 5) is 44.5. The van der Waals surface area contributed by atoms with Crippen molar-refractivity contribution < 1.29 is 67.0 Å². The zero-order valence-electron chi connectivity index (χ0n) is 22.2. The van der Waals surface area contributed by atoms with Crippen LogP contribution in [0.15, 0.2) is 48.2 Å². The topological polar surface area (TPSA) is 318 Å². The van der Waals surface area contributed by atoms with Crippen molar-refractivity contribution in [2.24, 2.45) is 5.73 Å². The molecular weight excluding hydrogens is 636 g/mol. The molecule has 8 atom stereocenters. The van der Waals surface area contributed by atoms with Crippen molar-refractivity contribution in [3.8, 4) is 0 Å². The van der Waals surface area contributed by atoms with Gasteiger partial charge in [-0.05, 0) is 6.42 Å². The molecule has 0 radical (unpaired) electrons. The lowest BCUT2D eigenvalue weighted by Gasteiger charge is -2.28. The van der Waals surface area contributed by atoms with Gasteiger partial charge in [-0.3, -0.25) is 18.4 Å². The summed E-state index contributed by atoms with van der Waals surface area (Å²) in [7, 11) is -10.8. The summed E-state index contributed by atoms with van der Waals surface area (Å²) in [5, 5.41) is 41.5. The van der Waals surface area contributed by atoms with Crippen LogP contribution in [0.3, 0.4) is 0 Å². The first kappa shape index (κ1) is 31.9. The van der Waals surface area contributed by atoms with E-state index in [0.29, 0.717) is 0 Å². The van der Waals surface area contributed by atoms with Crippen molar-refractivity contribution in [1.29, 1.82) is 0 Å². The summed E-state index contributed by atoms with van der Waals surface area (Å²) in [6.07, 6.45) is -2.07. The van der Waals surface area contributed by atoms with Crippen LogP contribution in [0.2, 0.25) is 0 Å². The number of aliphatic hydroxyl groups excluding tert-OH is 4. The van der Waals surface area contributed by atoms with E-state index in [1.165, 1.54) is 28.2 Å². The predicted molar refractivity (Wildman–Crippen MR) is 142 cm³/mol. The Morgan fingerprint density at radius 3 is 2.55 bits per heavy atom. The fourth-order valence-corrected chi connectivity index (χ4v) is 6.48. The Hall–Kier alpha value is -3.46. The van der Waals surface area contributed by atoms with E-state index >= 15 is 0 Å². The summed E-state index contributed by atoms with van der Waals surface area (Å²) in [6.45, 7) is -1.91. The smallest absolute Gasteiger partial charge is 0.481 e. The van der Waals surface area contributed by atoms with Crippen LogP contribution in [-0.4, -0.2) is 104 Å². The zero-order valence-corrected chi connectivity index (χ0v) is 24.0. The van der Waals surface area contributed by atoms with Gasteiger partial charge >= 0.3 is 15.6 Å². The second-order valence-electron chi connectivity index (χ2n) is 9.53. The summed E-state index contributed by atoms with van der Waals surface area (Å²) < 4.78 is 50.5. The van der Waals surface area contributed by atoms with E-state index in [9.17, 15) is 44.1 Å². The maximum Gasteiger partial charge on any atom is 0.481 e. The van der Waals surface area contributed by atoms with Crippen molar-refractivity contribution in [3.63, 3.8) is 0 Å². The number of nitrogens with zero attached hydrogens (tertiary/aromatic N) is 5. The van der Waals surface area contributed by atoms with E-state index in [0.717, 1.165) is 6.33 Å². The molecule has 1 amide bonds. The largest absolute Gasteiger partial charge is 0.506 e. The Balaban J connectivity index is 1.16. The first-order chi connectivity index (χ1) is 20.7. The molecule has 2 aromatic heterocycles. The van der Waals surface area contributed by atoms with Gasteiger partial charge in [0.05, 0.1) is 6.61 Å². The van der Waals surface area contributed by atoms with Crippen molar-refractivity contribution >= 4 is 38.5 Å². The molecule has 0 bridgehead atoms. The molecule has 23 heteroatoms. The van der Waals surface area contributed by atoms with Crippen LogP contribution in [0, 0.1) is 0 Å². The fraction of sp³-hybridized carbons (Fsp3) is 0.429. The fourth-order valence-electron chi connectivity index (χ4n) is 4.44. The molecule has 0 aliphatic carbocycles. The first-order valence-electron chi connectivity index (χ1n) is 12.5. The molecule has 3 aliphatic heterocycles. The Kier molecular flexibility index (Phi) is 8.82. The highest BCUT2D eigenvalue weighted by atomic mass is 31.3. The Labute approximate surface area is 246 Å². The number of carbonyl (C=O) groups is 1. The van der Waals surface area contributed by atoms with Gasteiger partial charge in [-0.1, -0.05) is 6.08 Å². The van der Waals surface area contributed by atoms with Crippen LogP contribution in [0.5, 0.6) is 0 Å². The number of fused-ring (bicyclic) bond motifs is 1. The molecule has 5 unspecified atom stereocenters. The minimum atomic E-state index is -5.40. The average Bonchev–Trinajstić information content (AvgIpc) is 3.61. The summed E-state index contributed by atoms with van der Waals surface area (Å²) >= 11 is 0. The number of aliphatic hydroxyl groups is 4. The van der Waals surface area contributed by atoms with Crippen LogP contribution in [0.25, 0.3) is 11.2 Å². The number of phosphoric acid groups is 2. The van der Waals surface area contributed by atoms with Gasteiger partial charge in [0.15, 0.2) is 35.3 Å². The van der Waals surface area contributed by atoms with Crippen LogP contribution < -0.4 is 11.5 Å². The number of imidazole rings is 1.